The first-order valence-corrected chi connectivity index (χ1v) is 6.11. The van der Waals surface area contributed by atoms with Gasteiger partial charge in [-0.2, -0.15) is 5.26 Å². The van der Waals surface area contributed by atoms with E-state index in [1.54, 1.807) is 25.2 Å². The Morgan fingerprint density at radius 2 is 2.12 bits per heavy atom. The molecule has 1 aromatic heterocycles. The quantitative estimate of drug-likeness (QED) is 0.880. The molecule has 0 unspecified atom stereocenters. The first kappa shape index (κ1) is 11.6. The number of amides is 1. The minimum Gasteiger partial charge on any atom is -0.323 e. The van der Waals surface area contributed by atoms with Crippen LogP contribution in [0.5, 0.6) is 0 Å². The maximum Gasteiger partial charge on any atom is 0.244 e. The van der Waals surface area contributed by atoms with Gasteiger partial charge in [0.25, 0.3) is 0 Å². The van der Waals surface area contributed by atoms with Crippen LogP contribution in [0.3, 0.4) is 0 Å². The molecule has 0 spiro atoms. The van der Waals surface area contributed by atoms with E-state index in [0.29, 0.717) is 0 Å². The lowest BCUT2D eigenvalue weighted by Gasteiger charge is -2.14. The van der Waals surface area contributed by atoms with Gasteiger partial charge in [-0.1, -0.05) is 18.2 Å². The van der Waals surface area contributed by atoms with Crippen molar-refractivity contribution in [2.45, 2.75) is 13.8 Å². The van der Waals surface area contributed by atoms with E-state index in [0.717, 1.165) is 15.8 Å². The molecule has 1 heterocycles. The lowest BCUT2D eigenvalue weighted by Crippen LogP contribution is -2.29. The second kappa shape index (κ2) is 4.19. The molecule has 4 heteroatoms. The van der Waals surface area contributed by atoms with Gasteiger partial charge in [-0.25, -0.2) is 0 Å². The lowest BCUT2D eigenvalue weighted by atomic mass is 9.94. The molecule has 17 heavy (non-hydrogen) atoms. The summed E-state index contributed by atoms with van der Waals surface area (Å²) >= 11 is 1.58. The monoisotopic (exact) mass is 244 g/mol. The summed E-state index contributed by atoms with van der Waals surface area (Å²) < 4.78 is 1.12. The molecule has 3 nitrogen and oxygen atoms in total. The van der Waals surface area contributed by atoms with Crippen molar-refractivity contribution in [2.75, 3.05) is 5.32 Å². The maximum atomic E-state index is 11.9. The summed E-state index contributed by atoms with van der Waals surface area (Å²) in [5, 5.41) is 14.6. The Balaban J connectivity index is 2.32. The molecule has 0 aliphatic heterocycles. The highest BCUT2D eigenvalue weighted by Crippen LogP contribution is 2.30. The van der Waals surface area contributed by atoms with Gasteiger partial charge in [-0.3, -0.25) is 4.79 Å². The molecular formula is C13H12N2OS. The van der Waals surface area contributed by atoms with Crippen LogP contribution in [0, 0.1) is 16.7 Å². The third-order valence-electron chi connectivity index (χ3n) is 2.58. The number of carbonyl (C=O) groups is 1. The van der Waals surface area contributed by atoms with Gasteiger partial charge < -0.3 is 5.32 Å². The van der Waals surface area contributed by atoms with Gasteiger partial charge in [0.1, 0.15) is 5.41 Å². The topological polar surface area (TPSA) is 52.9 Å². The van der Waals surface area contributed by atoms with Gasteiger partial charge in [-0.05, 0) is 19.9 Å². The van der Waals surface area contributed by atoms with E-state index < -0.39 is 5.41 Å². The van der Waals surface area contributed by atoms with Gasteiger partial charge in [0.05, 0.1) is 11.8 Å². The molecule has 0 radical (unpaired) electrons. The van der Waals surface area contributed by atoms with Crippen LogP contribution in [0.1, 0.15) is 13.8 Å². The molecule has 2 aromatic rings. The van der Waals surface area contributed by atoms with Crippen LogP contribution >= 0.6 is 11.3 Å². The number of nitrogens with zero attached hydrogens (tertiary/aromatic N) is 1. The predicted molar refractivity (Wildman–Crippen MR) is 69.8 cm³/mol. The summed E-state index contributed by atoms with van der Waals surface area (Å²) in [6.07, 6.45) is 0. The van der Waals surface area contributed by atoms with Crippen molar-refractivity contribution in [3.05, 3.63) is 29.6 Å². The minimum atomic E-state index is -1.01. The Hall–Kier alpha value is -1.86. The maximum absolute atomic E-state index is 11.9. The molecule has 0 fully saturated rings. The van der Waals surface area contributed by atoms with Gasteiger partial charge in [0, 0.05) is 15.5 Å². The van der Waals surface area contributed by atoms with Crippen LogP contribution in [0.4, 0.5) is 5.69 Å². The first-order valence-electron chi connectivity index (χ1n) is 5.23. The SMILES string of the molecule is CC(C)(C#N)C(=O)Nc1csc2ccccc12. The first-order chi connectivity index (χ1) is 8.04. The Kier molecular flexibility index (Phi) is 2.86. The number of thiophene rings is 1. The van der Waals surface area contributed by atoms with Gasteiger partial charge >= 0.3 is 0 Å². The van der Waals surface area contributed by atoms with Gasteiger partial charge in [0.2, 0.25) is 5.91 Å². The zero-order valence-corrected chi connectivity index (χ0v) is 10.5. The summed E-state index contributed by atoms with van der Waals surface area (Å²) in [6, 6.07) is 9.85. The number of hydrogen-bond donors (Lipinski definition) is 1. The molecule has 0 aliphatic carbocycles. The van der Waals surface area contributed by atoms with Crippen LogP contribution in [-0.4, -0.2) is 5.91 Å². The number of rotatable bonds is 2. The van der Waals surface area contributed by atoms with Crippen molar-refractivity contribution in [3.63, 3.8) is 0 Å². The third-order valence-corrected chi connectivity index (χ3v) is 3.54. The van der Waals surface area contributed by atoms with E-state index >= 15 is 0 Å². The second-order valence-corrected chi connectivity index (χ2v) is 5.25. The molecule has 0 bridgehead atoms. The van der Waals surface area contributed by atoms with E-state index in [9.17, 15) is 4.79 Å². The number of benzene rings is 1. The van der Waals surface area contributed by atoms with Crippen molar-refractivity contribution in [3.8, 4) is 6.07 Å². The van der Waals surface area contributed by atoms with Crippen molar-refractivity contribution in [1.29, 1.82) is 5.26 Å². The Morgan fingerprint density at radius 3 is 2.82 bits per heavy atom. The Labute approximate surface area is 104 Å². The largest absolute Gasteiger partial charge is 0.323 e. The van der Waals surface area contributed by atoms with E-state index in [1.165, 1.54) is 0 Å². The third kappa shape index (κ3) is 2.15. The minimum absolute atomic E-state index is 0.274. The fourth-order valence-electron chi connectivity index (χ4n) is 1.40. The number of nitriles is 1. The molecule has 1 N–H and O–H groups in total. The normalized spacial score (nSPS) is 11.1. The van der Waals surface area contributed by atoms with Crippen molar-refractivity contribution >= 4 is 33.0 Å². The summed E-state index contributed by atoms with van der Waals surface area (Å²) in [4.78, 5) is 11.9. The van der Waals surface area contributed by atoms with Gasteiger partial charge in [0.15, 0.2) is 0 Å². The molecule has 0 atom stereocenters. The number of hydrogen-bond acceptors (Lipinski definition) is 3. The molecule has 2 rings (SSSR count). The zero-order chi connectivity index (χ0) is 12.5. The number of anilines is 1. The highest BCUT2D eigenvalue weighted by molar-refractivity contribution is 7.17. The fraction of sp³-hybridized carbons (Fsp3) is 0.231. The lowest BCUT2D eigenvalue weighted by molar-refractivity contribution is -0.121. The van der Waals surface area contributed by atoms with E-state index in [1.807, 2.05) is 35.7 Å². The van der Waals surface area contributed by atoms with Crippen LogP contribution in [0.15, 0.2) is 29.6 Å². The van der Waals surface area contributed by atoms with E-state index in [-0.39, 0.29) is 5.91 Å². The smallest absolute Gasteiger partial charge is 0.244 e. The zero-order valence-electron chi connectivity index (χ0n) is 9.65. The van der Waals surface area contributed by atoms with Crippen LogP contribution in [0.25, 0.3) is 10.1 Å². The van der Waals surface area contributed by atoms with E-state index in [2.05, 4.69) is 5.32 Å². The van der Waals surface area contributed by atoms with Crippen molar-refractivity contribution in [1.82, 2.24) is 0 Å². The summed E-state index contributed by atoms with van der Waals surface area (Å²) in [5.74, 6) is -0.274. The number of fused-ring (bicyclic) bond motifs is 1. The number of carbonyl (C=O) groups excluding carboxylic acids is 1. The molecule has 1 aromatic carbocycles. The summed E-state index contributed by atoms with van der Waals surface area (Å²) in [6.45, 7) is 3.22. The highest BCUT2D eigenvalue weighted by atomic mass is 32.1. The van der Waals surface area contributed by atoms with E-state index in [4.69, 9.17) is 5.26 Å². The summed E-state index contributed by atoms with van der Waals surface area (Å²) in [7, 11) is 0. The fourth-order valence-corrected chi connectivity index (χ4v) is 2.30. The molecule has 0 saturated carbocycles. The van der Waals surface area contributed by atoms with Crippen molar-refractivity contribution < 1.29 is 4.79 Å². The molecule has 0 saturated heterocycles. The number of nitrogens with one attached hydrogen (secondary N) is 1. The molecule has 86 valence electrons. The highest BCUT2D eigenvalue weighted by Gasteiger charge is 2.27. The molecule has 1 amide bonds. The van der Waals surface area contributed by atoms with Crippen molar-refractivity contribution in [2.24, 2.45) is 5.41 Å². The summed E-state index contributed by atoms with van der Waals surface area (Å²) in [5.41, 5.74) is -0.234. The standard InChI is InChI=1S/C13H12N2OS/c1-13(2,8-14)12(16)15-10-7-17-11-6-4-3-5-9(10)11/h3-7H,1-2H3,(H,15,16). The Bertz CT molecular complexity index is 607. The van der Waals surface area contributed by atoms with Crippen LogP contribution in [-0.2, 0) is 4.79 Å². The average Bonchev–Trinajstić information content (AvgIpc) is 2.73. The Morgan fingerprint density at radius 1 is 1.41 bits per heavy atom. The van der Waals surface area contributed by atoms with Crippen LogP contribution < -0.4 is 5.32 Å². The second-order valence-electron chi connectivity index (χ2n) is 4.34. The molecule has 0 aliphatic rings. The van der Waals surface area contributed by atoms with Gasteiger partial charge in [-0.15, -0.1) is 11.3 Å². The molecular weight excluding hydrogens is 232 g/mol. The average molecular weight is 244 g/mol. The predicted octanol–water partition coefficient (Wildman–Crippen LogP) is 3.39. The van der Waals surface area contributed by atoms with Crippen LogP contribution in [0.2, 0.25) is 0 Å².